The summed E-state index contributed by atoms with van der Waals surface area (Å²) in [5, 5.41) is 0. The quantitative estimate of drug-likeness (QED) is 0.483. The van der Waals surface area contributed by atoms with Crippen molar-refractivity contribution >= 4 is 23.2 Å². The molecule has 0 heterocycles. The van der Waals surface area contributed by atoms with E-state index in [1.165, 1.54) is 57.8 Å². The topological polar surface area (TPSA) is 0 Å². The molecule has 3 aliphatic carbocycles. The highest BCUT2D eigenvalue weighted by atomic mass is 35.5. The molecule has 0 atom stereocenters. The van der Waals surface area contributed by atoms with E-state index < -0.39 is 4.33 Å². The molecular formula is C16H26Cl2. The van der Waals surface area contributed by atoms with Gasteiger partial charge in [0.25, 0.3) is 0 Å². The van der Waals surface area contributed by atoms with Crippen molar-refractivity contribution in [3.63, 3.8) is 0 Å². The van der Waals surface area contributed by atoms with Crippen LogP contribution in [0.5, 0.6) is 0 Å². The van der Waals surface area contributed by atoms with Gasteiger partial charge in [0.15, 0.2) is 0 Å². The molecule has 0 aromatic heterocycles. The van der Waals surface area contributed by atoms with Gasteiger partial charge in [-0.25, -0.2) is 0 Å². The monoisotopic (exact) mass is 288 g/mol. The Morgan fingerprint density at radius 3 is 1.33 bits per heavy atom. The van der Waals surface area contributed by atoms with E-state index >= 15 is 0 Å². The molecule has 0 bridgehead atoms. The molecule has 0 amide bonds. The van der Waals surface area contributed by atoms with Gasteiger partial charge < -0.3 is 0 Å². The van der Waals surface area contributed by atoms with Crippen LogP contribution < -0.4 is 0 Å². The van der Waals surface area contributed by atoms with Gasteiger partial charge in [-0.1, -0.05) is 39.5 Å². The van der Waals surface area contributed by atoms with Gasteiger partial charge in [-0.05, 0) is 43.9 Å². The van der Waals surface area contributed by atoms with Crippen molar-refractivity contribution in [3.05, 3.63) is 0 Å². The van der Waals surface area contributed by atoms with Crippen molar-refractivity contribution in [2.45, 2.75) is 76.0 Å². The minimum Gasteiger partial charge on any atom is -0.100 e. The van der Waals surface area contributed by atoms with Gasteiger partial charge >= 0.3 is 0 Å². The van der Waals surface area contributed by atoms with Crippen molar-refractivity contribution in [1.82, 2.24) is 0 Å². The van der Waals surface area contributed by atoms with E-state index in [4.69, 9.17) is 23.2 Å². The molecule has 2 heteroatoms. The second-order valence-corrected chi connectivity index (χ2v) is 9.00. The van der Waals surface area contributed by atoms with E-state index in [-0.39, 0.29) is 10.8 Å². The molecule has 0 nitrogen and oxygen atoms in total. The third-order valence-corrected chi connectivity index (χ3v) is 8.08. The van der Waals surface area contributed by atoms with Crippen molar-refractivity contribution in [3.8, 4) is 0 Å². The molecule has 3 saturated carbocycles. The van der Waals surface area contributed by atoms with Crippen LogP contribution in [-0.4, -0.2) is 4.33 Å². The number of halogens is 2. The summed E-state index contributed by atoms with van der Waals surface area (Å²) in [6.45, 7) is 4.74. The Morgan fingerprint density at radius 2 is 1.06 bits per heavy atom. The molecule has 18 heavy (non-hydrogen) atoms. The van der Waals surface area contributed by atoms with Crippen molar-refractivity contribution in [2.24, 2.45) is 22.7 Å². The lowest BCUT2D eigenvalue weighted by Crippen LogP contribution is -2.66. The first-order chi connectivity index (χ1) is 8.41. The van der Waals surface area contributed by atoms with E-state index in [1.54, 1.807) is 0 Å². The zero-order valence-electron chi connectivity index (χ0n) is 11.8. The van der Waals surface area contributed by atoms with Crippen molar-refractivity contribution < 1.29 is 0 Å². The Morgan fingerprint density at radius 1 is 0.722 bits per heavy atom. The summed E-state index contributed by atoms with van der Waals surface area (Å²) in [5.41, 5.74) is 0.534. The molecule has 104 valence electrons. The molecule has 0 aromatic carbocycles. The van der Waals surface area contributed by atoms with Crippen LogP contribution in [0.3, 0.4) is 0 Å². The Hall–Kier alpha value is 0.580. The van der Waals surface area contributed by atoms with Crippen LogP contribution in [0.4, 0.5) is 0 Å². The molecule has 0 radical (unpaired) electrons. The third-order valence-electron chi connectivity index (χ3n) is 6.47. The van der Waals surface area contributed by atoms with Crippen molar-refractivity contribution in [2.75, 3.05) is 0 Å². The average Bonchev–Trinajstić information content (AvgIpc) is 2.35. The maximum absolute atomic E-state index is 6.94. The Kier molecular flexibility index (Phi) is 3.23. The highest BCUT2D eigenvalue weighted by Gasteiger charge is 2.71. The first-order valence-corrected chi connectivity index (χ1v) is 8.54. The first-order valence-electron chi connectivity index (χ1n) is 7.79. The molecule has 3 rings (SSSR count). The fraction of sp³-hybridized carbons (Fsp3) is 1.00. The number of hydrogen-bond acceptors (Lipinski definition) is 0. The Bertz CT molecular complexity index is 288. The van der Waals surface area contributed by atoms with Crippen LogP contribution in [-0.2, 0) is 0 Å². The zero-order valence-corrected chi connectivity index (χ0v) is 13.3. The molecule has 2 spiro atoms. The largest absolute Gasteiger partial charge is 0.129 e. The number of rotatable bonds is 0. The summed E-state index contributed by atoms with van der Waals surface area (Å²) in [7, 11) is 0. The standard InChI is InChI=1S/C16H26Cl2/c1-12-3-7-14(8-4-12)11-15(16(14,17)18)9-5-13(2)6-10-15/h12-13H,3-11H2,1-2H3/t12?,13?,14-,15-. The van der Waals surface area contributed by atoms with Gasteiger partial charge in [0.2, 0.25) is 0 Å². The fourth-order valence-corrected chi connectivity index (χ4v) is 5.96. The first kappa shape index (κ1) is 13.6. The highest BCUT2D eigenvalue weighted by Crippen LogP contribution is 2.76. The predicted molar refractivity (Wildman–Crippen MR) is 79.2 cm³/mol. The van der Waals surface area contributed by atoms with E-state index in [0.29, 0.717) is 0 Å². The molecule has 0 aliphatic heterocycles. The number of alkyl halides is 2. The molecule has 3 aliphatic rings. The molecule has 3 fully saturated rings. The second kappa shape index (κ2) is 4.29. The van der Waals surface area contributed by atoms with Gasteiger partial charge in [0.05, 0.1) is 0 Å². The maximum Gasteiger partial charge on any atom is 0.129 e. The SMILES string of the molecule is CC1CC[C@]2(CC1)C[C@@]1(CCC(C)CC1)C2(Cl)Cl. The second-order valence-electron chi connectivity index (χ2n) is 7.68. The predicted octanol–water partition coefficient (Wildman–Crippen LogP) is 5.96. The summed E-state index contributed by atoms with van der Waals surface area (Å²) in [6, 6.07) is 0. The highest BCUT2D eigenvalue weighted by molar-refractivity contribution is 6.50. The summed E-state index contributed by atoms with van der Waals surface area (Å²) in [6.07, 6.45) is 11.7. The minimum absolute atomic E-state index is 0.267. The van der Waals surface area contributed by atoms with Crippen LogP contribution in [0.25, 0.3) is 0 Å². The third kappa shape index (κ3) is 1.71. The van der Waals surface area contributed by atoms with Crippen LogP contribution in [0.15, 0.2) is 0 Å². The summed E-state index contributed by atoms with van der Waals surface area (Å²) >= 11 is 13.9. The van der Waals surface area contributed by atoms with Gasteiger partial charge in [-0.3, -0.25) is 0 Å². The van der Waals surface area contributed by atoms with Crippen LogP contribution in [0.2, 0.25) is 0 Å². The lowest BCUT2D eigenvalue weighted by molar-refractivity contribution is -0.113. The van der Waals surface area contributed by atoms with E-state index in [9.17, 15) is 0 Å². The van der Waals surface area contributed by atoms with Gasteiger partial charge in [-0.15, -0.1) is 23.2 Å². The summed E-state index contributed by atoms with van der Waals surface area (Å²) in [4.78, 5) is 0. The van der Waals surface area contributed by atoms with Gasteiger partial charge in [-0.2, -0.15) is 0 Å². The molecule has 0 saturated heterocycles. The number of hydrogen-bond donors (Lipinski definition) is 0. The average molecular weight is 289 g/mol. The maximum atomic E-state index is 6.94. The van der Waals surface area contributed by atoms with Crippen LogP contribution >= 0.6 is 23.2 Å². The molecule has 0 aromatic rings. The summed E-state index contributed by atoms with van der Waals surface area (Å²) in [5.74, 6) is 1.75. The van der Waals surface area contributed by atoms with Crippen LogP contribution in [0.1, 0.15) is 71.6 Å². The van der Waals surface area contributed by atoms with E-state index in [0.717, 1.165) is 11.8 Å². The lowest BCUT2D eigenvalue weighted by Gasteiger charge is -2.69. The van der Waals surface area contributed by atoms with E-state index in [2.05, 4.69) is 13.8 Å². The summed E-state index contributed by atoms with van der Waals surface area (Å²) < 4.78 is -0.430. The van der Waals surface area contributed by atoms with Gasteiger partial charge in [0, 0.05) is 10.8 Å². The van der Waals surface area contributed by atoms with Crippen LogP contribution in [0, 0.1) is 22.7 Å². The fourth-order valence-electron chi connectivity index (χ4n) is 4.94. The minimum atomic E-state index is -0.430. The van der Waals surface area contributed by atoms with Crippen molar-refractivity contribution in [1.29, 1.82) is 0 Å². The molecule has 0 N–H and O–H groups in total. The molecular weight excluding hydrogens is 263 g/mol. The smallest absolute Gasteiger partial charge is 0.100 e. The Labute approximate surface area is 122 Å². The molecule has 0 unspecified atom stereocenters. The zero-order chi connectivity index (χ0) is 13.0. The van der Waals surface area contributed by atoms with E-state index in [1.807, 2.05) is 0 Å². The normalized spacial score (nSPS) is 51.3. The lowest BCUT2D eigenvalue weighted by atomic mass is 9.43. The Balaban J connectivity index is 1.75. The van der Waals surface area contributed by atoms with Gasteiger partial charge in [0.1, 0.15) is 4.33 Å².